The number of rotatable bonds is 6. The first kappa shape index (κ1) is 25.0. The van der Waals surface area contributed by atoms with Crippen molar-refractivity contribution in [1.29, 1.82) is 0 Å². The van der Waals surface area contributed by atoms with Crippen molar-refractivity contribution in [2.75, 3.05) is 13.1 Å². The smallest absolute Gasteiger partial charge is 0.384 e. The molecule has 1 N–H and O–H groups in total. The van der Waals surface area contributed by atoms with Gasteiger partial charge in [-0.15, -0.1) is 0 Å². The zero-order valence-electron chi connectivity index (χ0n) is 20.2. The van der Waals surface area contributed by atoms with E-state index >= 15 is 0 Å². The van der Waals surface area contributed by atoms with Crippen LogP contribution in [0.4, 0.5) is 4.79 Å². The molecule has 0 aromatic heterocycles. The van der Waals surface area contributed by atoms with Crippen LogP contribution in [-0.2, 0) is 11.3 Å². The van der Waals surface area contributed by atoms with E-state index in [-0.39, 0.29) is 11.1 Å². The van der Waals surface area contributed by atoms with Gasteiger partial charge in [0.15, 0.2) is 0 Å². The van der Waals surface area contributed by atoms with Crippen LogP contribution in [0, 0.1) is 5.92 Å². The van der Waals surface area contributed by atoms with Crippen molar-refractivity contribution in [3.05, 3.63) is 106 Å². The fraction of sp³-hybridized carbons (Fsp3) is 0.276. The number of nitrogens with zero attached hydrogens (tertiary/aromatic N) is 2. The number of likely N-dealkylation sites (tertiary alicyclic amines) is 1. The van der Waals surface area contributed by atoms with Crippen molar-refractivity contribution in [2.45, 2.75) is 31.8 Å². The molecular formula is C29H27ClN2O5. The molecular weight excluding hydrogens is 492 g/mol. The number of aliphatic hydroxyl groups is 1. The fourth-order valence-electron chi connectivity index (χ4n) is 4.88. The van der Waals surface area contributed by atoms with Crippen LogP contribution in [0.25, 0.3) is 0 Å². The molecule has 1 fully saturated rings. The molecule has 0 radical (unpaired) electrons. The molecule has 1 unspecified atom stereocenters. The van der Waals surface area contributed by atoms with E-state index in [4.69, 9.17) is 16.4 Å². The minimum Gasteiger partial charge on any atom is -0.384 e. The number of piperidine rings is 1. The van der Waals surface area contributed by atoms with E-state index in [2.05, 4.69) is 0 Å². The Kier molecular flexibility index (Phi) is 7.26. The Balaban J connectivity index is 1.17. The van der Waals surface area contributed by atoms with Gasteiger partial charge in [0.2, 0.25) is 0 Å². The Labute approximate surface area is 220 Å². The van der Waals surface area contributed by atoms with Gasteiger partial charge < -0.3 is 14.8 Å². The second kappa shape index (κ2) is 10.7. The summed E-state index contributed by atoms with van der Waals surface area (Å²) in [5.74, 6) is -0.922. The number of benzene rings is 3. The van der Waals surface area contributed by atoms with E-state index in [0.29, 0.717) is 35.2 Å². The molecule has 2 aliphatic heterocycles. The number of carbonyl (C=O) groups excluding carboxylic acids is 3. The summed E-state index contributed by atoms with van der Waals surface area (Å²) in [6.45, 7) is 1.00. The summed E-state index contributed by atoms with van der Waals surface area (Å²) < 4.78 is 0. The Bertz CT molecular complexity index is 1300. The molecule has 0 saturated carbocycles. The zero-order valence-corrected chi connectivity index (χ0v) is 20.9. The van der Waals surface area contributed by atoms with Gasteiger partial charge in [-0.3, -0.25) is 9.59 Å². The first-order chi connectivity index (χ1) is 17.9. The van der Waals surface area contributed by atoms with Gasteiger partial charge in [-0.05, 0) is 72.6 Å². The number of hydrogen-bond donors (Lipinski definition) is 1. The van der Waals surface area contributed by atoms with Gasteiger partial charge in [0.25, 0.3) is 11.8 Å². The lowest BCUT2D eigenvalue weighted by molar-refractivity contribution is -0.0595. The van der Waals surface area contributed by atoms with Gasteiger partial charge in [-0.25, -0.2) is 4.79 Å². The number of aliphatic hydroxyl groups excluding tert-OH is 1. The third kappa shape index (κ3) is 5.38. The summed E-state index contributed by atoms with van der Waals surface area (Å²) in [5.41, 5.74) is 2.62. The molecule has 0 bridgehead atoms. The van der Waals surface area contributed by atoms with Crippen molar-refractivity contribution in [3.8, 4) is 0 Å². The van der Waals surface area contributed by atoms with E-state index in [1.54, 1.807) is 18.2 Å². The van der Waals surface area contributed by atoms with Crippen molar-refractivity contribution in [2.24, 2.45) is 5.92 Å². The second-order valence-corrected chi connectivity index (χ2v) is 9.91. The Morgan fingerprint density at radius 2 is 1.59 bits per heavy atom. The summed E-state index contributed by atoms with van der Waals surface area (Å²) in [5, 5.41) is 11.9. The standard InChI is InChI=1S/C29H27ClN2O5/c30-23-11-8-19(9-12-23)6-7-20-14-16-31(17-15-20)29(36)37-32-27(34)24-13-10-22(18-25(24)28(32)35)26(33)21-4-2-1-3-5-21/h1-5,8-13,18,20,26,33H,6-7,14-17H2. The molecule has 1 saturated heterocycles. The molecule has 190 valence electrons. The molecule has 7 nitrogen and oxygen atoms in total. The molecule has 3 aromatic carbocycles. The molecule has 0 spiro atoms. The minimum atomic E-state index is -0.952. The minimum absolute atomic E-state index is 0.103. The summed E-state index contributed by atoms with van der Waals surface area (Å²) in [4.78, 5) is 45.3. The Hall–Kier alpha value is -3.68. The van der Waals surface area contributed by atoms with Gasteiger partial charge in [-0.2, -0.15) is 0 Å². The number of amides is 3. The molecule has 0 aliphatic carbocycles. The zero-order chi connectivity index (χ0) is 25.9. The molecule has 3 aromatic rings. The number of aryl methyl sites for hydroxylation is 1. The highest BCUT2D eigenvalue weighted by Crippen LogP contribution is 2.30. The first-order valence-electron chi connectivity index (χ1n) is 12.4. The average molecular weight is 519 g/mol. The van der Waals surface area contributed by atoms with Crippen LogP contribution in [0.3, 0.4) is 0 Å². The van der Waals surface area contributed by atoms with E-state index in [9.17, 15) is 19.5 Å². The summed E-state index contributed by atoms with van der Waals surface area (Å²) in [6, 6.07) is 21.4. The monoisotopic (exact) mass is 518 g/mol. The van der Waals surface area contributed by atoms with E-state index in [1.165, 1.54) is 22.6 Å². The lowest BCUT2D eigenvalue weighted by Gasteiger charge is -2.31. The van der Waals surface area contributed by atoms with E-state index in [1.807, 2.05) is 42.5 Å². The van der Waals surface area contributed by atoms with E-state index in [0.717, 1.165) is 30.7 Å². The summed E-state index contributed by atoms with van der Waals surface area (Å²) in [7, 11) is 0. The van der Waals surface area contributed by atoms with Gasteiger partial charge in [0.1, 0.15) is 6.10 Å². The van der Waals surface area contributed by atoms with Crippen molar-refractivity contribution in [3.63, 3.8) is 0 Å². The number of hydroxylamine groups is 2. The molecule has 2 aliphatic rings. The Morgan fingerprint density at radius 3 is 2.30 bits per heavy atom. The van der Waals surface area contributed by atoms with Crippen LogP contribution in [0.15, 0.2) is 72.8 Å². The topological polar surface area (TPSA) is 87.1 Å². The maximum atomic E-state index is 12.9. The molecule has 5 rings (SSSR count). The van der Waals surface area contributed by atoms with Crippen LogP contribution in [0.2, 0.25) is 5.02 Å². The van der Waals surface area contributed by atoms with Crippen molar-refractivity contribution < 1.29 is 24.3 Å². The molecule has 1 atom stereocenters. The number of fused-ring (bicyclic) bond motifs is 1. The molecule has 8 heteroatoms. The summed E-state index contributed by atoms with van der Waals surface area (Å²) >= 11 is 5.95. The SMILES string of the molecule is O=C(ON1C(=O)c2ccc(C(O)c3ccccc3)cc2C1=O)N1CCC(CCc2ccc(Cl)cc2)CC1. The highest BCUT2D eigenvalue weighted by Gasteiger charge is 2.40. The quantitative estimate of drug-likeness (QED) is 0.441. The normalized spacial score (nSPS) is 16.6. The maximum Gasteiger partial charge on any atom is 0.434 e. The highest BCUT2D eigenvalue weighted by atomic mass is 35.5. The van der Waals surface area contributed by atoms with Gasteiger partial charge in [0, 0.05) is 18.1 Å². The highest BCUT2D eigenvalue weighted by molar-refractivity contribution is 6.30. The molecule has 2 heterocycles. The fourth-order valence-corrected chi connectivity index (χ4v) is 5.00. The van der Waals surface area contributed by atoms with Crippen molar-refractivity contribution >= 4 is 29.5 Å². The van der Waals surface area contributed by atoms with Gasteiger partial charge >= 0.3 is 6.09 Å². The van der Waals surface area contributed by atoms with Crippen LogP contribution in [0.1, 0.15) is 62.8 Å². The van der Waals surface area contributed by atoms with Crippen LogP contribution < -0.4 is 0 Å². The largest absolute Gasteiger partial charge is 0.434 e. The Morgan fingerprint density at radius 1 is 0.919 bits per heavy atom. The number of carbonyl (C=O) groups is 3. The van der Waals surface area contributed by atoms with Crippen molar-refractivity contribution in [1.82, 2.24) is 9.96 Å². The third-order valence-electron chi connectivity index (χ3n) is 7.10. The van der Waals surface area contributed by atoms with Gasteiger partial charge in [-0.1, -0.05) is 65.2 Å². The predicted molar refractivity (Wildman–Crippen MR) is 138 cm³/mol. The third-order valence-corrected chi connectivity index (χ3v) is 7.35. The summed E-state index contributed by atoms with van der Waals surface area (Å²) in [6.07, 6.45) is 1.95. The van der Waals surface area contributed by atoms with Crippen LogP contribution in [0.5, 0.6) is 0 Å². The number of halogens is 1. The molecule has 37 heavy (non-hydrogen) atoms. The lowest BCUT2D eigenvalue weighted by Crippen LogP contribution is -2.43. The predicted octanol–water partition coefficient (Wildman–Crippen LogP) is 5.41. The number of imide groups is 1. The molecule has 3 amide bonds. The van der Waals surface area contributed by atoms with Crippen LogP contribution in [-0.4, -0.2) is 46.1 Å². The average Bonchev–Trinajstić information content (AvgIpc) is 3.17. The first-order valence-corrected chi connectivity index (χ1v) is 12.8. The van der Waals surface area contributed by atoms with E-state index < -0.39 is 24.0 Å². The van der Waals surface area contributed by atoms with Crippen LogP contribution >= 0.6 is 11.6 Å². The maximum absolute atomic E-state index is 12.9. The van der Waals surface area contributed by atoms with Gasteiger partial charge in [0.05, 0.1) is 11.1 Å². The second-order valence-electron chi connectivity index (χ2n) is 9.48. The lowest BCUT2D eigenvalue weighted by atomic mass is 9.91. The number of hydrogen-bond acceptors (Lipinski definition) is 5.